The van der Waals surface area contributed by atoms with E-state index < -0.39 is 0 Å². The van der Waals surface area contributed by atoms with Crippen LogP contribution in [0.3, 0.4) is 0 Å². The number of ether oxygens (including phenoxy) is 2. The van der Waals surface area contributed by atoms with Gasteiger partial charge in [0.05, 0.1) is 17.5 Å². The Bertz CT molecular complexity index is 809. The van der Waals surface area contributed by atoms with E-state index in [1.165, 1.54) is 0 Å². The van der Waals surface area contributed by atoms with Crippen LogP contribution in [-0.2, 0) is 4.74 Å². The molecule has 1 aromatic heterocycles. The van der Waals surface area contributed by atoms with Crippen molar-refractivity contribution in [2.45, 2.75) is 5.25 Å². The summed E-state index contributed by atoms with van der Waals surface area (Å²) in [5, 5.41) is 0.609. The van der Waals surface area contributed by atoms with Crippen LogP contribution in [0, 0.1) is 0 Å². The number of hydrogen-bond donors (Lipinski definition) is 1. The Morgan fingerprint density at radius 2 is 2.14 bits per heavy atom. The predicted molar refractivity (Wildman–Crippen MR) is 117 cm³/mol. The number of aliphatic imine (C=N–C) groups is 1. The summed E-state index contributed by atoms with van der Waals surface area (Å²) in [5.41, 5.74) is 8.49. The Morgan fingerprint density at radius 1 is 1.32 bits per heavy atom. The molecule has 0 bridgehead atoms. The second kappa shape index (κ2) is 9.77. The predicted octanol–water partition coefficient (Wildman–Crippen LogP) is 2.84. The molecule has 1 aliphatic rings. The summed E-state index contributed by atoms with van der Waals surface area (Å²) < 4.78 is 12.7. The van der Waals surface area contributed by atoms with E-state index in [1.54, 1.807) is 19.5 Å². The number of pyridine rings is 1. The van der Waals surface area contributed by atoms with E-state index in [-0.39, 0.29) is 0 Å². The number of aromatic nitrogens is 1. The van der Waals surface area contributed by atoms with Gasteiger partial charge >= 0.3 is 0 Å². The summed E-state index contributed by atoms with van der Waals surface area (Å²) in [4.78, 5) is 11.3. The number of hydrogen-bond acceptors (Lipinski definition) is 8. The Hall–Kier alpha value is -2.29. The van der Waals surface area contributed by atoms with E-state index in [4.69, 9.17) is 15.2 Å². The number of rotatable bonds is 9. The average molecular weight is 402 g/mol. The summed E-state index contributed by atoms with van der Waals surface area (Å²) in [6.45, 7) is 3.03. The zero-order valence-electron chi connectivity index (χ0n) is 16.5. The Balaban J connectivity index is 1.60. The molecule has 0 aliphatic carbocycles. The number of methoxy groups -OCH3 is 1. The van der Waals surface area contributed by atoms with Crippen molar-refractivity contribution in [2.75, 3.05) is 58.1 Å². The van der Waals surface area contributed by atoms with E-state index in [0.717, 1.165) is 35.9 Å². The molecule has 1 aliphatic heterocycles. The van der Waals surface area contributed by atoms with Gasteiger partial charge in [0.15, 0.2) is 0 Å². The fraction of sp³-hybridized carbons (Fsp3) is 0.400. The molecule has 0 atom stereocenters. The third-order valence-corrected chi connectivity index (χ3v) is 5.23. The molecule has 8 heteroatoms. The van der Waals surface area contributed by atoms with Crippen LogP contribution in [0.5, 0.6) is 5.75 Å². The highest BCUT2D eigenvalue weighted by Crippen LogP contribution is 2.29. The van der Waals surface area contributed by atoms with Gasteiger partial charge < -0.3 is 20.1 Å². The van der Waals surface area contributed by atoms with Crippen LogP contribution in [0.4, 0.5) is 17.2 Å². The largest absolute Gasteiger partial charge is 0.491 e. The fourth-order valence-corrected chi connectivity index (χ4v) is 3.87. The number of nitrogens with two attached hydrogens (primary N) is 1. The molecule has 3 rings (SSSR count). The summed E-state index contributed by atoms with van der Waals surface area (Å²) in [5.74, 6) is 1.68. The van der Waals surface area contributed by atoms with Gasteiger partial charge in [0, 0.05) is 56.0 Å². The minimum absolute atomic E-state index is 0.506. The molecular formula is C20H27N5O2S. The molecule has 2 heterocycles. The first-order valence-corrected chi connectivity index (χ1v) is 9.99. The van der Waals surface area contributed by atoms with Crippen molar-refractivity contribution in [3.8, 4) is 5.75 Å². The molecule has 28 heavy (non-hydrogen) atoms. The van der Waals surface area contributed by atoms with Gasteiger partial charge in [-0.3, -0.25) is 9.30 Å². The molecule has 0 spiro atoms. The highest BCUT2D eigenvalue weighted by atomic mass is 32.2. The first-order valence-electron chi connectivity index (χ1n) is 9.15. The fourth-order valence-electron chi connectivity index (χ4n) is 2.78. The lowest BCUT2D eigenvalue weighted by molar-refractivity contribution is 0.146. The SMILES string of the molecule is COCCOc1cccc(N=Cc2cnc(N3CC(SN(C)C)C3)cc2N)c1. The molecule has 7 nitrogen and oxygen atoms in total. The minimum Gasteiger partial charge on any atom is -0.491 e. The zero-order valence-corrected chi connectivity index (χ0v) is 17.4. The normalized spacial score (nSPS) is 14.6. The Kier molecular flexibility index (Phi) is 7.13. The molecule has 2 aromatic rings. The van der Waals surface area contributed by atoms with Crippen molar-refractivity contribution in [2.24, 2.45) is 4.99 Å². The lowest BCUT2D eigenvalue weighted by atomic mass is 10.2. The maximum atomic E-state index is 6.22. The van der Waals surface area contributed by atoms with Gasteiger partial charge in [-0.15, -0.1) is 0 Å². The number of nitrogen functional groups attached to an aromatic ring is 1. The number of anilines is 2. The van der Waals surface area contributed by atoms with Gasteiger partial charge in [-0.05, 0) is 26.2 Å². The maximum absolute atomic E-state index is 6.22. The minimum atomic E-state index is 0.506. The number of benzene rings is 1. The second-order valence-corrected chi connectivity index (χ2v) is 8.32. The molecule has 1 aromatic carbocycles. The molecule has 0 saturated carbocycles. The summed E-state index contributed by atoms with van der Waals surface area (Å²) in [6, 6.07) is 9.52. The highest BCUT2D eigenvalue weighted by Gasteiger charge is 2.29. The van der Waals surface area contributed by atoms with Crippen LogP contribution in [0.15, 0.2) is 41.5 Å². The lowest BCUT2D eigenvalue weighted by Gasteiger charge is -2.40. The van der Waals surface area contributed by atoms with Crippen molar-refractivity contribution in [3.63, 3.8) is 0 Å². The molecule has 1 fully saturated rings. The van der Waals surface area contributed by atoms with Gasteiger partial charge in [0.2, 0.25) is 0 Å². The van der Waals surface area contributed by atoms with Crippen molar-refractivity contribution < 1.29 is 9.47 Å². The first-order chi connectivity index (χ1) is 13.5. The quantitative estimate of drug-likeness (QED) is 0.393. The van der Waals surface area contributed by atoms with Crippen LogP contribution in [0.2, 0.25) is 0 Å². The molecule has 2 N–H and O–H groups in total. The third-order valence-electron chi connectivity index (χ3n) is 4.21. The summed E-state index contributed by atoms with van der Waals surface area (Å²) >= 11 is 1.85. The van der Waals surface area contributed by atoms with Crippen molar-refractivity contribution in [1.82, 2.24) is 9.29 Å². The van der Waals surface area contributed by atoms with Gasteiger partial charge in [0.1, 0.15) is 18.2 Å². The van der Waals surface area contributed by atoms with E-state index in [0.29, 0.717) is 24.2 Å². The molecule has 0 unspecified atom stereocenters. The standard InChI is InChI=1S/C20H27N5O2S/c1-24(2)28-18-13-25(14-18)20-10-19(21)15(12-23-20)11-22-16-5-4-6-17(9-16)27-8-7-26-3/h4-6,9-12,18H,7-8,13-14H2,1-3H3,(H2,21,23). The molecule has 150 valence electrons. The number of nitrogens with zero attached hydrogens (tertiary/aromatic N) is 4. The van der Waals surface area contributed by atoms with E-state index in [9.17, 15) is 0 Å². The van der Waals surface area contributed by atoms with Crippen LogP contribution in [0.25, 0.3) is 0 Å². The van der Waals surface area contributed by atoms with E-state index in [1.807, 2.05) is 42.3 Å². The van der Waals surface area contributed by atoms with Crippen molar-refractivity contribution in [3.05, 3.63) is 42.1 Å². The van der Waals surface area contributed by atoms with Crippen molar-refractivity contribution in [1.29, 1.82) is 0 Å². The maximum Gasteiger partial charge on any atom is 0.130 e. The average Bonchev–Trinajstić information content (AvgIpc) is 2.64. The highest BCUT2D eigenvalue weighted by molar-refractivity contribution is 7.97. The Morgan fingerprint density at radius 3 is 2.86 bits per heavy atom. The summed E-state index contributed by atoms with van der Waals surface area (Å²) in [7, 11) is 5.79. The molecule has 0 radical (unpaired) electrons. The third kappa shape index (κ3) is 5.60. The van der Waals surface area contributed by atoms with Crippen LogP contribution < -0.4 is 15.4 Å². The van der Waals surface area contributed by atoms with Crippen LogP contribution >= 0.6 is 11.9 Å². The van der Waals surface area contributed by atoms with Crippen molar-refractivity contribution >= 4 is 35.4 Å². The molecule has 1 saturated heterocycles. The zero-order chi connectivity index (χ0) is 19.9. The monoisotopic (exact) mass is 401 g/mol. The van der Waals surface area contributed by atoms with Gasteiger partial charge in [-0.2, -0.15) is 0 Å². The van der Waals surface area contributed by atoms with Crippen LogP contribution in [0.1, 0.15) is 5.56 Å². The summed E-state index contributed by atoms with van der Waals surface area (Å²) in [6.07, 6.45) is 3.51. The van der Waals surface area contributed by atoms with Crippen LogP contribution in [-0.4, -0.2) is 68.3 Å². The Labute approximate surface area is 170 Å². The van der Waals surface area contributed by atoms with E-state index in [2.05, 4.69) is 33.3 Å². The van der Waals surface area contributed by atoms with Gasteiger partial charge in [0.25, 0.3) is 0 Å². The van der Waals surface area contributed by atoms with Gasteiger partial charge in [-0.1, -0.05) is 18.0 Å². The lowest BCUT2D eigenvalue weighted by Crippen LogP contribution is -2.50. The second-order valence-electron chi connectivity index (χ2n) is 6.71. The molecule has 0 amide bonds. The first kappa shape index (κ1) is 20.4. The molecular weight excluding hydrogens is 374 g/mol. The van der Waals surface area contributed by atoms with Gasteiger partial charge in [-0.25, -0.2) is 4.98 Å². The topological polar surface area (TPSA) is 76.2 Å². The van der Waals surface area contributed by atoms with E-state index >= 15 is 0 Å². The smallest absolute Gasteiger partial charge is 0.130 e.